The first-order chi connectivity index (χ1) is 9.86. The topological polar surface area (TPSA) is 61.4 Å². The molecule has 1 saturated heterocycles. The van der Waals surface area contributed by atoms with Gasteiger partial charge in [0.2, 0.25) is 5.91 Å². The van der Waals surface area contributed by atoms with Crippen molar-refractivity contribution in [3.63, 3.8) is 0 Å². The summed E-state index contributed by atoms with van der Waals surface area (Å²) in [7, 11) is 0. The maximum atomic E-state index is 12.0. The zero-order chi connectivity index (χ0) is 15.6. The van der Waals surface area contributed by atoms with Gasteiger partial charge in [0.1, 0.15) is 0 Å². The van der Waals surface area contributed by atoms with Crippen molar-refractivity contribution in [2.45, 2.75) is 39.3 Å². The Kier molecular flexibility index (Phi) is 4.88. The molecule has 6 heteroatoms. The molecule has 1 heterocycles. The molecule has 0 spiro atoms. The van der Waals surface area contributed by atoms with Crippen molar-refractivity contribution >= 4 is 33.6 Å². The summed E-state index contributed by atoms with van der Waals surface area (Å²) in [6.45, 7) is 6.49. The van der Waals surface area contributed by atoms with E-state index in [-0.39, 0.29) is 24.0 Å². The predicted molar refractivity (Wildman–Crippen MR) is 86.3 cm³/mol. The number of anilines is 1. The minimum atomic E-state index is -0.278. The molecule has 1 fully saturated rings. The molecule has 21 heavy (non-hydrogen) atoms. The van der Waals surface area contributed by atoms with Gasteiger partial charge in [0, 0.05) is 29.2 Å². The van der Waals surface area contributed by atoms with E-state index in [0.717, 1.165) is 15.7 Å². The van der Waals surface area contributed by atoms with Crippen LogP contribution in [0.15, 0.2) is 22.7 Å². The number of nitrogens with zero attached hydrogens (tertiary/aromatic N) is 1. The molecule has 1 atom stereocenters. The number of nitrogens with one attached hydrogen (secondary N) is 2. The molecule has 2 rings (SSSR count). The number of carbonyl (C=O) groups excluding carboxylic acids is 2. The van der Waals surface area contributed by atoms with Crippen LogP contribution in [0.5, 0.6) is 0 Å². The second-order valence-corrected chi connectivity index (χ2v) is 6.46. The van der Waals surface area contributed by atoms with Gasteiger partial charge in [-0.05, 0) is 44.5 Å². The summed E-state index contributed by atoms with van der Waals surface area (Å²) in [5, 5.41) is 5.65. The van der Waals surface area contributed by atoms with Crippen molar-refractivity contribution in [2.75, 3.05) is 11.9 Å². The first-order valence-corrected chi connectivity index (χ1v) is 7.79. The minimum absolute atomic E-state index is 0.0924. The summed E-state index contributed by atoms with van der Waals surface area (Å²) < 4.78 is 1.00. The third kappa shape index (κ3) is 3.97. The Hall–Kier alpha value is -1.56. The van der Waals surface area contributed by atoms with Gasteiger partial charge in [-0.25, -0.2) is 4.79 Å². The van der Waals surface area contributed by atoms with Crippen molar-refractivity contribution in [3.8, 4) is 0 Å². The number of benzene rings is 1. The number of carbonyl (C=O) groups is 2. The van der Waals surface area contributed by atoms with Crippen LogP contribution in [-0.2, 0) is 4.79 Å². The first kappa shape index (κ1) is 15.8. The van der Waals surface area contributed by atoms with Crippen LogP contribution in [-0.4, -0.2) is 35.5 Å². The van der Waals surface area contributed by atoms with E-state index in [2.05, 4.69) is 26.6 Å². The van der Waals surface area contributed by atoms with Crippen LogP contribution in [0.3, 0.4) is 0 Å². The smallest absolute Gasteiger partial charge is 0.319 e. The fourth-order valence-corrected chi connectivity index (χ4v) is 2.65. The van der Waals surface area contributed by atoms with E-state index in [1.165, 1.54) is 0 Å². The zero-order valence-corrected chi connectivity index (χ0v) is 14.0. The molecule has 3 amide bonds. The van der Waals surface area contributed by atoms with Crippen LogP contribution in [0.25, 0.3) is 0 Å². The highest BCUT2D eigenvalue weighted by molar-refractivity contribution is 9.10. The quantitative estimate of drug-likeness (QED) is 0.877. The molecular weight excluding hydrogens is 334 g/mol. The second-order valence-electron chi connectivity index (χ2n) is 5.60. The van der Waals surface area contributed by atoms with Crippen LogP contribution in [0.1, 0.15) is 25.8 Å². The number of likely N-dealkylation sites (tertiary alicyclic amines) is 1. The molecule has 1 aliphatic rings. The van der Waals surface area contributed by atoms with Crippen LogP contribution in [0, 0.1) is 6.92 Å². The minimum Gasteiger partial charge on any atom is -0.338 e. The lowest BCUT2D eigenvalue weighted by atomic mass is 10.2. The van der Waals surface area contributed by atoms with E-state index in [1.807, 2.05) is 39.0 Å². The van der Waals surface area contributed by atoms with E-state index in [0.29, 0.717) is 13.0 Å². The molecule has 114 valence electrons. The van der Waals surface area contributed by atoms with Gasteiger partial charge in [-0.2, -0.15) is 0 Å². The van der Waals surface area contributed by atoms with Crippen molar-refractivity contribution in [1.29, 1.82) is 0 Å². The summed E-state index contributed by atoms with van der Waals surface area (Å²) in [5.74, 6) is 0.0924. The Morgan fingerprint density at radius 1 is 1.43 bits per heavy atom. The molecule has 1 aromatic rings. The lowest BCUT2D eigenvalue weighted by Gasteiger charge is -2.21. The summed E-state index contributed by atoms with van der Waals surface area (Å²) in [4.78, 5) is 25.6. The lowest BCUT2D eigenvalue weighted by Crippen LogP contribution is -2.40. The maximum Gasteiger partial charge on any atom is 0.319 e. The number of hydrogen-bond donors (Lipinski definition) is 2. The Bertz CT molecular complexity index is 560. The van der Waals surface area contributed by atoms with E-state index >= 15 is 0 Å². The molecule has 0 bridgehead atoms. The molecule has 1 unspecified atom stereocenters. The van der Waals surface area contributed by atoms with Crippen LogP contribution in [0.4, 0.5) is 10.5 Å². The number of rotatable bonds is 3. The van der Waals surface area contributed by atoms with Gasteiger partial charge in [-0.1, -0.05) is 15.9 Å². The predicted octanol–water partition coefficient (Wildman–Crippen LogP) is 2.89. The summed E-state index contributed by atoms with van der Waals surface area (Å²) in [6, 6.07) is 5.38. The number of aryl methyl sites for hydroxylation is 1. The summed E-state index contributed by atoms with van der Waals surface area (Å²) in [6.07, 6.45) is 0.366. The third-order valence-electron chi connectivity index (χ3n) is 3.53. The Balaban J connectivity index is 1.90. The highest BCUT2D eigenvalue weighted by Gasteiger charge is 2.31. The lowest BCUT2D eigenvalue weighted by molar-refractivity contribution is -0.129. The van der Waals surface area contributed by atoms with Crippen LogP contribution in [0.2, 0.25) is 0 Å². The fraction of sp³-hybridized carbons (Fsp3) is 0.467. The molecule has 0 saturated carbocycles. The molecule has 0 radical (unpaired) electrons. The number of halogens is 1. The average Bonchev–Trinajstić information content (AvgIpc) is 2.75. The van der Waals surface area contributed by atoms with Crippen molar-refractivity contribution < 1.29 is 9.59 Å². The van der Waals surface area contributed by atoms with E-state index in [1.54, 1.807) is 4.90 Å². The van der Waals surface area contributed by atoms with Gasteiger partial charge >= 0.3 is 6.03 Å². The molecule has 0 aliphatic carbocycles. The van der Waals surface area contributed by atoms with Gasteiger partial charge in [-0.15, -0.1) is 0 Å². The summed E-state index contributed by atoms with van der Waals surface area (Å²) in [5.41, 5.74) is 1.79. The van der Waals surface area contributed by atoms with Crippen molar-refractivity contribution in [3.05, 3.63) is 28.2 Å². The molecule has 5 nitrogen and oxygen atoms in total. The Morgan fingerprint density at radius 2 is 2.14 bits per heavy atom. The SMILES string of the molecule is Cc1cc(NC(=O)NC2CC(=O)N(C(C)C)C2)ccc1Br. The van der Waals surface area contributed by atoms with E-state index < -0.39 is 0 Å². The second kappa shape index (κ2) is 6.47. The first-order valence-electron chi connectivity index (χ1n) is 7.00. The summed E-state index contributed by atoms with van der Waals surface area (Å²) >= 11 is 3.42. The molecule has 1 aromatic carbocycles. The van der Waals surface area contributed by atoms with Crippen molar-refractivity contribution in [1.82, 2.24) is 10.2 Å². The molecule has 1 aliphatic heterocycles. The normalized spacial score (nSPS) is 18.2. The average molecular weight is 354 g/mol. The highest BCUT2D eigenvalue weighted by Crippen LogP contribution is 2.20. The molecular formula is C15H20BrN3O2. The highest BCUT2D eigenvalue weighted by atomic mass is 79.9. The van der Waals surface area contributed by atoms with Gasteiger partial charge in [0.15, 0.2) is 0 Å². The number of urea groups is 1. The number of hydrogen-bond acceptors (Lipinski definition) is 2. The fourth-order valence-electron chi connectivity index (χ4n) is 2.40. The van der Waals surface area contributed by atoms with Gasteiger partial charge < -0.3 is 15.5 Å². The van der Waals surface area contributed by atoms with Gasteiger partial charge in [-0.3, -0.25) is 4.79 Å². The van der Waals surface area contributed by atoms with Crippen LogP contribution >= 0.6 is 15.9 Å². The Morgan fingerprint density at radius 3 is 2.71 bits per heavy atom. The van der Waals surface area contributed by atoms with E-state index in [4.69, 9.17) is 0 Å². The monoisotopic (exact) mass is 353 g/mol. The largest absolute Gasteiger partial charge is 0.338 e. The number of amides is 3. The van der Waals surface area contributed by atoms with Crippen LogP contribution < -0.4 is 10.6 Å². The molecule has 0 aromatic heterocycles. The zero-order valence-electron chi connectivity index (χ0n) is 12.4. The van der Waals surface area contributed by atoms with Crippen molar-refractivity contribution in [2.24, 2.45) is 0 Å². The maximum absolute atomic E-state index is 12.0. The van der Waals surface area contributed by atoms with Gasteiger partial charge in [0.05, 0.1) is 6.04 Å². The van der Waals surface area contributed by atoms with E-state index in [9.17, 15) is 9.59 Å². The molecule has 2 N–H and O–H groups in total. The standard InChI is InChI=1S/C15H20BrN3O2/c1-9(2)19-8-12(7-14(19)20)18-15(21)17-11-4-5-13(16)10(3)6-11/h4-6,9,12H,7-8H2,1-3H3,(H2,17,18,21). The third-order valence-corrected chi connectivity index (χ3v) is 4.42. The Labute approximate surface area is 133 Å². The van der Waals surface area contributed by atoms with Gasteiger partial charge in [0.25, 0.3) is 0 Å².